The van der Waals surface area contributed by atoms with Gasteiger partial charge in [-0.3, -0.25) is 4.98 Å². The van der Waals surface area contributed by atoms with Crippen molar-refractivity contribution < 1.29 is 0 Å². The van der Waals surface area contributed by atoms with Gasteiger partial charge in [-0.25, -0.2) is 0 Å². The highest BCUT2D eigenvalue weighted by molar-refractivity contribution is 6.12. The zero-order valence-electron chi connectivity index (χ0n) is 29.7. The van der Waals surface area contributed by atoms with Crippen LogP contribution in [0.1, 0.15) is 25.0 Å². The van der Waals surface area contributed by atoms with E-state index in [2.05, 4.69) is 204 Å². The first-order valence-electron chi connectivity index (χ1n) is 18.3. The molecule has 3 heteroatoms. The first-order chi connectivity index (χ1) is 26.0. The zero-order chi connectivity index (χ0) is 35.5. The number of rotatable bonds is 6. The van der Waals surface area contributed by atoms with Crippen molar-refractivity contribution in [2.24, 2.45) is 0 Å². The van der Waals surface area contributed by atoms with Gasteiger partial charge in [0.05, 0.1) is 22.9 Å². The van der Waals surface area contributed by atoms with E-state index in [9.17, 15) is 0 Å². The quantitative estimate of drug-likeness (QED) is 0.174. The van der Waals surface area contributed by atoms with E-state index in [1.165, 1.54) is 72.0 Å². The van der Waals surface area contributed by atoms with Crippen LogP contribution in [0.25, 0.3) is 60.9 Å². The molecule has 0 fully saturated rings. The average molecular weight is 680 g/mol. The molecule has 1 aliphatic heterocycles. The third kappa shape index (κ3) is 5.08. The van der Waals surface area contributed by atoms with E-state index in [1.54, 1.807) is 0 Å². The molecule has 53 heavy (non-hydrogen) atoms. The molecule has 0 unspecified atom stereocenters. The topological polar surface area (TPSA) is 21.1 Å². The van der Waals surface area contributed by atoms with Crippen molar-refractivity contribution in [2.45, 2.75) is 19.3 Å². The molecule has 0 aliphatic carbocycles. The Labute approximate surface area is 310 Å². The van der Waals surface area contributed by atoms with E-state index in [-0.39, 0.29) is 5.41 Å². The maximum atomic E-state index is 4.55. The number of pyridine rings is 1. The van der Waals surface area contributed by atoms with Gasteiger partial charge in [0.25, 0.3) is 0 Å². The van der Waals surface area contributed by atoms with E-state index in [1.807, 2.05) is 12.4 Å². The summed E-state index contributed by atoms with van der Waals surface area (Å²) in [6.45, 7) is 4.65. The van der Waals surface area contributed by atoms with Crippen molar-refractivity contribution in [1.29, 1.82) is 0 Å². The second kappa shape index (κ2) is 12.2. The molecule has 1 aliphatic rings. The Morgan fingerprint density at radius 1 is 0.453 bits per heavy atom. The Bertz CT molecular complexity index is 2680. The van der Waals surface area contributed by atoms with Gasteiger partial charge >= 0.3 is 0 Å². The molecule has 10 rings (SSSR count). The van der Waals surface area contributed by atoms with Crippen molar-refractivity contribution >= 4 is 38.9 Å². The van der Waals surface area contributed by atoms with Crippen LogP contribution in [0.3, 0.4) is 0 Å². The Morgan fingerprint density at radius 2 is 0.962 bits per heavy atom. The molecule has 0 radical (unpaired) electrons. The third-order valence-electron chi connectivity index (χ3n) is 11.1. The number of hydrogen-bond donors (Lipinski definition) is 0. The van der Waals surface area contributed by atoms with Crippen LogP contribution in [0.15, 0.2) is 188 Å². The maximum Gasteiger partial charge on any atom is 0.0686 e. The fourth-order valence-corrected chi connectivity index (χ4v) is 8.36. The van der Waals surface area contributed by atoms with Crippen LogP contribution in [-0.2, 0) is 5.41 Å². The van der Waals surface area contributed by atoms with Crippen LogP contribution >= 0.6 is 0 Å². The predicted octanol–water partition coefficient (Wildman–Crippen LogP) is 13.3. The second-order valence-electron chi connectivity index (χ2n) is 14.5. The molecule has 3 nitrogen and oxygen atoms in total. The lowest BCUT2D eigenvalue weighted by atomic mass is 9.75. The molecule has 9 aromatic rings. The molecule has 0 bridgehead atoms. The number of para-hydroxylation sites is 1. The number of aromatic nitrogens is 2. The fourth-order valence-electron chi connectivity index (χ4n) is 8.36. The molecule has 3 heterocycles. The Morgan fingerprint density at radius 3 is 1.53 bits per heavy atom. The molecule has 2 aromatic heterocycles. The van der Waals surface area contributed by atoms with Crippen molar-refractivity contribution in [2.75, 3.05) is 4.90 Å². The summed E-state index contributed by atoms with van der Waals surface area (Å²) in [7, 11) is 0. The number of fused-ring (bicyclic) bond motifs is 5. The molecular weight excluding hydrogens is 643 g/mol. The van der Waals surface area contributed by atoms with Gasteiger partial charge < -0.3 is 9.47 Å². The van der Waals surface area contributed by atoms with Crippen molar-refractivity contribution in [3.05, 3.63) is 199 Å². The summed E-state index contributed by atoms with van der Waals surface area (Å²) in [6, 6.07) is 63.7. The minimum atomic E-state index is -0.115. The van der Waals surface area contributed by atoms with Crippen LogP contribution in [0.2, 0.25) is 0 Å². The molecule has 0 saturated heterocycles. The summed E-state index contributed by atoms with van der Waals surface area (Å²) in [6.07, 6.45) is 3.94. The summed E-state index contributed by atoms with van der Waals surface area (Å²) in [5.41, 5.74) is 16.7. The lowest BCUT2D eigenvalue weighted by Crippen LogP contribution is -2.26. The van der Waals surface area contributed by atoms with E-state index in [4.69, 9.17) is 0 Å². The first kappa shape index (κ1) is 31.1. The number of nitrogens with zero attached hydrogens (tertiary/aromatic N) is 3. The van der Waals surface area contributed by atoms with E-state index in [0.717, 1.165) is 17.1 Å². The monoisotopic (exact) mass is 679 g/mol. The lowest BCUT2D eigenvalue weighted by Gasteiger charge is -2.34. The molecular formula is C50H37N3. The van der Waals surface area contributed by atoms with Gasteiger partial charge in [-0.15, -0.1) is 0 Å². The summed E-state index contributed by atoms with van der Waals surface area (Å²) in [5.74, 6) is 0. The predicted molar refractivity (Wildman–Crippen MR) is 222 cm³/mol. The second-order valence-corrected chi connectivity index (χ2v) is 14.5. The summed E-state index contributed by atoms with van der Waals surface area (Å²) in [4.78, 5) is 6.89. The molecule has 0 atom stereocenters. The van der Waals surface area contributed by atoms with Crippen LogP contribution in [0.5, 0.6) is 0 Å². The van der Waals surface area contributed by atoms with Crippen LogP contribution in [0.4, 0.5) is 17.1 Å². The Kier molecular flexibility index (Phi) is 7.16. The third-order valence-corrected chi connectivity index (χ3v) is 11.1. The van der Waals surface area contributed by atoms with Gasteiger partial charge in [0.1, 0.15) is 0 Å². The normalized spacial score (nSPS) is 12.9. The summed E-state index contributed by atoms with van der Waals surface area (Å²) < 4.78 is 2.42. The highest BCUT2D eigenvalue weighted by Gasteiger charge is 2.35. The minimum absolute atomic E-state index is 0.115. The van der Waals surface area contributed by atoms with Gasteiger partial charge in [-0.05, 0) is 99.1 Å². The number of anilines is 3. The molecule has 252 valence electrons. The van der Waals surface area contributed by atoms with Crippen LogP contribution in [-0.4, -0.2) is 9.55 Å². The van der Waals surface area contributed by atoms with Crippen LogP contribution < -0.4 is 4.90 Å². The van der Waals surface area contributed by atoms with E-state index >= 15 is 0 Å². The fraction of sp³-hybridized carbons (Fsp3) is 0.0600. The SMILES string of the molecule is CC1(C)c2ccncc2-n2c3ccc(-c4ccc(N(c5ccc(-c6ccccc6)cc5)c5ccc(-c6ccccc6)cc5)cc4)cc3c3cccc1c32. The molecule has 7 aromatic carbocycles. The molecule has 0 N–H and O–H groups in total. The van der Waals surface area contributed by atoms with Gasteiger partial charge in [-0.1, -0.05) is 135 Å². The van der Waals surface area contributed by atoms with Crippen molar-refractivity contribution in [3.8, 4) is 39.1 Å². The van der Waals surface area contributed by atoms with Gasteiger partial charge in [0.15, 0.2) is 0 Å². The van der Waals surface area contributed by atoms with E-state index in [0.29, 0.717) is 0 Å². The van der Waals surface area contributed by atoms with Crippen molar-refractivity contribution in [1.82, 2.24) is 9.55 Å². The Hall–Kier alpha value is -6.71. The van der Waals surface area contributed by atoms with Crippen molar-refractivity contribution in [3.63, 3.8) is 0 Å². The Balaban J connectivity index is 1.05. The summed E-state index contributed by atoms with van der Waals surface area (Å²) >= 11 is 0. The largest absolute Gasteiger partial charge is 0.311 e. The highest BCUT2D eigenvalue weighted by Crippen LogP contribution is 2.47. The molecule has 0 spiro atoms. The van der Waals surface area contributed by atoms with Gasteiger partial charge in [-0.2, -0.15) is 0 Å². The van der Waals surface area contributed by atoms with Gasteiger partial charge in [0.2, 0.25) is 0 Å². The van der Waals surface area contributed by atoms with E-state index < -0.39 is 0 Å². The number of benzene rings is 7. The zero-order valence-corrected chi connectivity index (χ0v) is 29.7. The minimum Gasteiger partial charge on any atom is -0.311 e. The van der Waals surface area contributed by atoms with Gasteiger partial charge in [0, 0.05) is 39.4 Å². The smallest absolute Gasteiger partial charge is 0.0686 e. The first-order valence-corrected chi connectivity index (χ1v) is 18.3. The lowest BCUT2D eigenvalue weighted by molar-refractivity contribution is 0.628. The molecule has 0 amide bonds. The maximum absolute atomic E-state index is 4.55. The highest BCUT2D eigenvalue weighted by atomic mass is 15.1. The number of hydrogen-bond acceptors (Lipinski definition) is 2. The summed E-state index contributed by atoms with van der Waals surface area (Å²) in [5, 5.41) is 2.54. The molecule has 0 saturated carbocycles. The van der Waals surface area contributed by atoms with Crippen LogP contribution in [0, 0.1) is 0 Å². The average Bonchev–Trinajstić information content (AvgIpc) is 3.56. The standard InChI is InChI=1S/C50H37N3/c1-50(2)45-30-31-51-33-48(45)53-47-29-22-39(32-44(47)43-14-9-15-46(50)49(43)53)38-20-27-42(28-21-38)52(40-23-16-36(17-24-40)34-10-5-3-6-11-34)41-25-18-37(19-26-41)35-12-7-4-8-13-35/h3-33H,1-2H3.